The Labute approximate surface area is 175 Å². The summed E-state index contributed by atoms with van der Waals surface area (Å²) in [6.45, 7) is 0. The van der Waals surface area contributed by atoms with Gasteiger partial charge in [-0.05, 0) is 48.5 Å². The summed E-state index contributed by atoms with van der Waals surface area (Å²) in [7, 11) is 1.66. The molecule has 2 aromatic heterocycles. The number of nitrogens with two attached hydrogens (primary N) is 1. The van der Waals surface area contributed by atoms with Crippen LogP contribution < -0.4 is 10.6 Å². The molecule has 0 bridgehead atoms. The third kappa shape index (κ3) is 3.99. The Morgan fingerprint density at radius 1 is 1.07 bits per heavy atom. The Balaban J connectivity index is 1.45. The van der Waals surface area contributed by atoms with Crippen LogP contribution in [0.25, 0.3) is 22.0 Å². The molecule has 0 aliphatic heterocycles. The molecule has 9 heteroatoms. The van der Waals surface area contributed by atoms with Crippen LogP contribution in [0.1, 0.15) is 5.69 Å². The van der Waals surface area contributed by atoms with Crippen molar-refractivity contribution >= 4 is 34.7 Å². The Bertz CT molecular complexity index is 1080. The van der Waals surface area contributed by atoms with Crippen LogP contribution in [0.4, 0.5) is 0 Å². The zero-order chi connectivity index (χ0) is 19.5. The van der Waals surface area contributed by atoms with Crippen molar-refractivity contribution in [2.75, 3.05) is 13.0 Å². The summed E-state index contributed by atoms with van der Waals surface area (Å²) in [6, 6.07) is 15.2. The van der Waals surface area contributed by atoms with Gasteiger partial charge in [-0.25, -0.2) is 9.66 Å². The number of ether oxygens (including phenoxy) is 1. The molecule has 142 valence electrons. The number of hydrogen-bond acceptors (Lipinski definition) is 7. The molecule has 0 aliphatic carbocycles. The topological polar surface area (TPSA) is 78.9 Å². The molecule has 0 spiro atoms. The van der Waals surface area contributed by atoms with Crippen molar-refractivity contribution in [2.24, 2.45) is 0 Å². The SMILES string of the molecule is COc1ccc(-c2nc(CSc3nnc(-c4ccc(Cl)cc4)n3N)cs2)cc1. The minimum Gasteiger partial charge on any atom is -0.497 e. The zero-order valence-electron chi connectivity index (χ0n) is 14.9. The average molecular weight is 430 g/mol. The molecule has 2 N–H and O–H groups in total. The van der Waals surface area contributed by atoms with Gasteiger partial charge in [-0.1, -0.05) is 23.4 Å². The van der Waals surface area contributed by atoms with Gasteiger partial charge in [-0.15, -0.1) is 21.5 Å². The molecule has 4 rings (SSSR count). The largest absolute Gasteiger partial charge is 0.497 e. The number of halogens is 1. The fourth-order valence-electron chi connectivity index (χ4n) is 2.55. The highest BCUT2D eigenvalue weighted by atomic mass is 35.5. The molecule has 0 saturated heterocycles. The van der Waals surface area contributed by atoms with E-state index in [-0.39, 0.29) is 0 Å². The van der Waals surface area contributed by atoms with Crippen LogP contribution in [0.5, 0.6) is 5.75 Å². The van der Waals surface area contributed by atoms with E-state index in [9.17, 15) is 0 Å². The van der Waals surface area contributed by atoms with Crippen LogP contribution in [0, 0.1) is 0 Å². The molecule has 0 amide bonds. The Morgan fingerprint density at radius 3 is 2.50 bits per heavy atom. The van der Waals surface area contributed by atoms with Gasteiger partial charge in [0.25, 0.3) is 0 Å². The van der Waals surface area contributed by atoms with Gasteiger partial charge in [0.05, 0.1) is 12.8 Å². The lowest BCUT2D eigenvalue weighted by Crippen LogP contribution is -2.11. The van der Waals surface area contributed by atoms with Crippen LogP contribution in [0.2, 0.25) is 5.02 Å². The first-order valence-corrected chi connectivity index (χ1v) is 10.6. The molecular formula is C19H16ClN5OS2. The maximum Gasteiger partial charge on any atom is 0.210 e. The first-order valence-electron chi connectivity index (χ1n) is 8.32. The van der Waals surface area contributed by atoms with Gasteiger partial charge < -0.3 is 10.6 Å². The minimum atomic E-state index is 0.594. The van der Waals surface area contributed by atoms with Crippen molar-refractivity contribution in [3.8, 4) is 27.7 Å². The Morgan fingerprint density at radius 2 is 1.79 bits per heavy atom. The van der Waals surface area contributed by atoms with Crippen molar-refractivity contribution in [3.63, 3.8) is 0 Å². The standard InChI is InChI=1S/C19H16ClN5OS2/c1-26-16-8-4-13(5-9-16)18-22-15(10-27-18)11-28-19-24-23-17(25(19)21)12-2-6-14(20)7-3-12/h2-10H,11,21H2,1H3. The molecule has 0 atom stereocenters. The Hall–Kier alpha value is -2.55. The maximum absolute atomic E-state index is 6.17. The normalized spacial score (nSPS) is 10.9. The second-order valence-corrected chi connectivity index (χ2v) is 8.08. The highest BCUT2D eigenvalue weighted by molar-refractivity contribution is 7.98. The van der Waals surface area contributed by atoms with Crippen LogP contribution in [0.15, 0.2) is 59.1 Å². The van der Waals surface area contributed by atoms with Crippen molar-refractivity contribution < 1.29 is 4.74 Å². The van der Waals surface area contributed by atoms with Gasteiger partial charge in [0.1, 0.15) is 10.8 Å². The summed E-state index contributed by atoms with van der Waals surface area (Å²) in [5, 5.41) is 12.7. The lowest BCUT2D eigenvalue weighted by atomic mass is 10.2. The van der Waals surface area contributed by atoms with Crippen LogP contribution in [-0.4, -0.2) is 27.0 Å². The summed E-state index contributed by atoms with van der Waals surface area (Å²) in [5.41, 5.74) is 2.90. The van der Waals surface area contributed by atoms with E-state index < -0.39 is 0 Å². The Kier molecular flexibility index (Phi) is 5.52. The molecule has 0 radical (unpaired) electrons. The smallest absolute Gasteiger partial charge is 0.210 e. The summed E-state index contributed by atoms with van der Waals surface area (Å²) >= 11 is 9.04. The van der Waals surface area contributed by atoms with Gasteiger partial charge in [0.15, 0.2) is 5.82 Å². The monoisotopic (exact) mass is 429 g/mol. The van der Waals surface area contributed by atoms with Gasteiger partial charge in [-0.3, -0.25) is 0 Å². The lowest BCUT2D eigenvalue weighted by molar-refractivity contribution is 0.415. The van der Waals surface area contributed by atoms with Crippen molar-refractivity contribution in [1.82, 2.24) is 19.9 Å². The number of aromatic nitrogens is 4. The molecule has 0 saturated carbocycles. The average Bonchev–Trinajstić information content (AvgIpc) is 3.34. The molecule has 0 fully saturated rings. The first kappa shape index (κ1) is 18.8. The summed E-state index contributed by atoms with van der Waals surface area (Å²) in [5.74, 6) is 8.25. The van der Waals surface area contributed by atoms with E-state index in [2.05, 4.69) is 10.2 Å². The lowest BCUT2D eigenvalue weighted by Gasteiger charge is -2.03. The van der Waals surface area contributed by atoms with E-state index in [1.165, 1.54) is 16.4 Å². The maximum atomic E-state index is 6.17. The fraction of sp³-hybridized carbons (Fsp3) is 0.105. The van der Waals surface area contributed by atoms with Gasteiger partial charge in [-0.2, -0.15) is 0 Å². The van der Waals surface area contributed by atoms with Crippen molar-refractivity contribution in [2.45, 2.75) is 10.9 Å². The van der Waals surface area contributed by atoms with E-state index in [1.54, 1.807) is 30.6 Å². The molecule has 6 nitrogen and oxygen atoms in total. The number of hydrogen-bond donors (Lipinski definition) is 1. The predicted molar refractivity (Wildman–Crippen MR) is 114 cm³/mol. The van der Waals surface area contributed by atoms with Gasteiger partial charge in [0, 0.05) is 27.3 Å². The molecule has 2 aromatic carbocycles. The number of thioether (sulfide) groups is 1. The first-order chi connectivity index (χ1) is 13.6. The summed E-state index contributed by atoms with van der Waals surface area (Å²) in [6.07, 6.45) is 0. The van der Waals surface area contributed by atoms with E-state index in [0.29, 0.717) is 21.8 Å². The van der Waals surface area contributed by atoms with Gasteiger partial charge >= 0.3 is 0 Å². The van der Waals surface area contributed by atoms with E-state index in [1.807, 2.05) is 41.8 Å². The number of rotatable bonds is 6. The zero-order valence-corrected chi connectivity index (χ0v) is 17.3. The third-order valence-electron chi connectivity index (χ3n) is 4.00. The van der Waals surface area contributed by atoms with E-state index in [0.717, 1.165) is 27.6 Å². The van der Waals surface area contributed by atoms with Crippen molar-refractivity contribution in [3.05, 3.63) is 64.6 Å². The third-order valence-corrected chi connectivity index (χ3v) is 6.17. The second-order valence-electron chi connectivity index (χ2n) is 5.84. The summed E-state index contributed by atoms with van der Waals surface area (Å²) < 4.78 is 6.69. The van der Waals surface area contributed by atoms with E-state index in [4.69, 9.17) is 27.2 Å². The molecule has 0 aliphatic rings. The van der Waals surface area contributed by atoms with Crippen LogP contribution in [0.3, 0.4) is 0 Å². The van der Waals surface area contributed by atoms with E-state index >= 15 is 0 Å². The number of benzene rings is 2. The fourth-order valence-corrected chi connectivity index (χ4v) is 4.36. The number of nitrogen functional groups attached to an aromatic ring is 1. The summed E-state index contributed by atoms with van der Waals surface area (Å²) in [4.78, 5) is 4.70. The van der Waals surface area contributed by atoms with Crippen LogP contribution >= 0.6 is 34.7 Å². The van der Waals surface area contributed by atoms with Crippen molar-refractivity contribution in [1.29, 1.82) is 0 Å². The number of nitrogens with zero attached hydrogens (tertiary/aromatic N) is 4. The number of methoxy groups -OCH3 is 1. The highest BCUT2D eigenvalue weighted by Crippen LogP contribution is 2.29. The number of thiazole rings is 1. The minimum absolute atomic E-state index is 0.594. The molecular weight excluding hydrogens is 414 g/mol. The predicted octanol–water partition coefficient (Wildman–Crippen LogP) is 4.74. The van der Waals surface area contributed by atoms with Crippen LogP contribution in [-0.2, 0) is 5.75 Å². The quantitative estimate of drug-likeness (QED) is 0.352. The van der Waals surface area contributed by atoms with Gasteiger partial charge in [0.2, 0.25) is 5.16 Å². The molecule has 28 heavy (non-hydrogen) atoms. The molecule has 0 unspecified atom stereocenters. The molecule has 4 aromatic rings. The highest BCUT2D eigenvalue weighted by Gasteiger charge is 2.13. The molecule has 2 heterocycles. The second kappa shape index (κ2) is 8.22.